The average Bonchev–Trinajstić information content (AvgIpc) is 2.54. The third-order valence-electron chi connectivity index (χ3n) is 2.86. The third-order valence-corrected chi connectivity index (χ3v) is 3.25. The molecule has 1 aromatic carbocycles. The van der Waals surface area contributed by atoms with Crippen LogP contribution >= 0.6 is 11.6 Å². The molecule has 1 aromatic heterocycles. The SMILES string of the molecule is Cc1ccc(-n2nc(C)c(CO)c2Cl)c(C)c1. The van der Waals surface area contributed by atoms with Crippen LogP contribution in [0.15, 0.2) is 18.2 Å². The van der Waals surface area contributed by atoms with Crippen molar-refractivity contribution in [2.75, 3.05) is 0 Å². The normalized spacial score (nSPS) is 10.9. The lowest BCUT2D eigenvalue weighted by Gasteiger charge is -2.08. The van der Waals surface area contributed by atoms with Gasteiger partial charge in [0, 0.05) is 5.56 Å². The number of rotatable bonds is 2. The number of aliphatic hydroxyl groups is 1. The number of hydrogen-bond acceptors (Lipinski definition) is 2. The number of nitrogens with zero attached hydrogens (tertiary/aromatic N) is 2. The fraction of sp³-hybridized carbons (Fsp3) is 0.308. The first-order valence-corrected chi connectivity index (χ1v) is 5.85. The first kappa shape index (κ1) is 12.1. The van der Waals surface area contributed by atoms with E-state index >= 15 is 0 Å². The van der Waals surface area contributed by atoms with Gasteiger partial charge in [0.25, 0.3) is 0 Å². The second-order valence-corrected chi connectivity index (χ2v) is 4.57. The van der Waals surface area contributed by atoms with Gasteiger partial charge >= 0.3 is 0 Å². The van der Waals surface area contributed by atoms with Gasteiger partial charge in [0.05, 0.1) is 18.0 Å². The Bertz CT molecular complexity index is 561. The van der Waals surface area contributed by atoms with Crippen molar-refractivity contribution in [1.82, 2.24) is 9.78 Å². The summed E-state index contributed by atoms with van der Waals surface area (Å²) >= 11 is 6.22. The number of hydrogen-bond donors (Lipinski definition) is 1. The van der Waals surface area contributed by atoms with Crippen molar-refractivity contribution >= 4 is 11.6 Å². The van der Waals surface area contributed by atoms with E-state index in [2.05, 4.69) is 11.2 Å². The molecule has 0 fully saturated rings. The Labute approximate surface area is 106 Å². The quantitative estimate of drug-likeness (QED) is 0.890. The van der Waals surface area contributed by atoms with E-state index in [1.165, 1.54) is 5.56 Å². The first-order chi connectivity index (χ1) is 8.04. The molecule has 3 nitrogen and oxygen atoms in total. The molecule has 0 aliphatic rings. The van der Waals surface area contributed by atoms with Gasteiger partial charge in [-0.05, 0) is 32.4 Å². The molecule has 2 aromatic rings. The van der Waals surface area contributed by atoms with E-state index in [1.807, 2.05) is 32.9 Å². The number of aromatic nitrogens is 2. The molecular weight excluding hydrogens is 236 g/mol. The molecule has 0 atom stereocenters. The Morgan fingerprint density at radius 2 is 2.00 bits per heavy atom. The number of aryl methyl sites for hydroxylation is 3. The molecule has 0 bridgehead atoms. The van der Waals surface area contributed by atoms with Crippen LogP contribution in [0.25, 0.3) is 5.69 Å². The van der Waals surface area contributed by atoms with Crippen LogP contribution in [0.4, 0.5) is 0 Å². The molecule has 0 radical (unpaired) electrons. The molecule has 2 rings (SSSR count). The highest BCUT2D eigenvalue weighted by Gasteiger charge is 2.14. The maximum atomic E-state index is 9.24. The minimum Gasteiger partial charge on any atom is -0.391 e. The Kier molecular flexibility index (Phi) is 3.22. The fourth-order valence-corrected chi connectivity index (χ4v) is 2.24. The number of halogens is 1. The van der Waals surface area contributed by atoms with Gasteiger partial charge in [-0.15, -0.1) is 0 Å². The minimum absolute atomic E-state index is 0.0877. The van der Waals surface area contributed by atoms with Gasteiger partial charge in [-0.2, -0.15) is 5.10 Å². The topological polar surface area (TPSA) is 38.0 Å². The number of aliphatic hydroxyl groups excluding tert-OH is 1. The second-order valence-electron chi connectivity index (χ2n) is 4.21. The van der Waals surface area contributed by atoms with Gasteiger partial charge < -0.3 is 5.11 Å². The molecular formula is C13H15ClN2O. The highest BCUT2D eigenvalue weighted by molar-refractivity contribution is 6.30. The lowest BCUT2D eigenvalue weighted by molar-refractivity contribution is 0.281. The summed E-state index contributed by atoms with van der Waals surface area (Å²) in [6, 6.07) is 6.10. The largest absolute Gasteiger partial charge is 0.391 e. The van der Waals surface area contributed by atoms with E-state index in [0.717, 1.165) is 16.9 Å². The van der Waals surface area contributed by atoms with Gasteiger partial charge in [0.1, 0.15) is 5.15 Å². The maximum absolute atomic E-state index is 9.24. The van der Waals surface area contributed by atoms with Gasteiger partial charge in [0.15, 0.2) is 0 Å². The van der Waals surface area contributed by atoms with E-state index in [0.29, 0.717) is 10.7 Å². The summed E-state index contributed by atoms with van der Waals surface area (Å²) in [6.45, 7) is 5.83. The van der Waals surface area contributed by atoms with E-state index in [1.54, 1.807) is 4.68 Å². The minimum atomic E-state index is -0.0877. The summed E-state index contributed by atoms with van der Waals surface area (Å²) in [6.07, 6.45) is 0. The van der Waals surface area contributed by atoms with Crippen LogP contribution < -0.4 is 0 Å². The Morgan fingerprint density at radius 3 is 2.53 bits per heavy atom. The summed E-state index contributed by atoms with van der Waals surface area (Å²) in [5, 5.41) is 14.1. The molecule has 90 valence electrons. The average molecular weight is 251 g/mol. The number of benzene rings is 1. The molecule has 4 heteroatoms. The molecule has 0 aliphatic carbocycles. The van der Waals surface area contributed by atoms with Crippen molar-refractivity contribution in [1.29, 1.82) is 0 Å². The highest BCUT2D eigenvalue weighted by atomic mass is 35.5. The molecule has 0 saturated carbocycles. The summed E-state index contributed by atoms with van der Waals surface area (Å²) in [7, 11) is 0. The summed E-state index contributed by atoms with van der Waals surface area (Å²) < 4.78 is 1.68. The van der Waals surface area contributed by atoms with Crippen LogP contribution in [-0.2, 0) is 6.61 Å². The van der Waals surface area contributed by atoms with E-state index in [4.69, 9.17) is 11.6 Å². The van der Waals surface area contributed by atoms with Crippen molar-refractivity contribution in [3.8, 4) is 5.69 Å². The zero-order chi connectivity index (χ0) is 12.6. The molecule has 0 spiro atoms. The highest BCUT2D eigenvalue weighted by Crippen LogP contribution is 2.25. The predicted octanol–water partition coefficient (Wildman–Crippen LogP) is 2.94. The van der Waals surface area contributed by atoms with Crippen LogP contribution in [-0.4, -0.2) is 14.9 Å². The molecule has 0 saturated heterocycles. The monoisotopic (exact) mass is 250 g/mol. The first-order valence-electron chi connectivity index (χ1n) is 5.47. The Balaban J connectivity index is 2.61. The van der Waals surface area contributed by atoms with E-state index < -0.39 is 0 Å². The smallest absolute Gasteiger partial charge is 0.138 e. The summed E-state index contributed by atoms with van der Waals surface area (Å²) in [5.74, 6) is 0. The molecule has 0 unspecified atom stereocenters. The van der Waals surface area contributed by atoms with Gasteiger partial charge in [-0.3, -0.25) is 0 Å². The van der Waals surface area contributed by atoms with Gasteiger partial charge in [-0.25, -0.2) is 4.68 Å². The van der Waals surface area contributed by atoms with Crippen LogP contribution in [0, 0.1) is 20.8 Å². The zero-order valence-electron chi connectivity index (χ0n) is 10.2. The van der Waals surface area contributed by atoms with E-state index in [9.17, 15) is 5.11 Å². The van der Waals surface area contributed by atoms with Crippen molar-refractivity contribution in [3.05, 3.63) is 45.7 Å². The Hall–Kier alpha value is -1.32. The maximum Gasteiger partial charge on any atom is 0.138 e. The van der Waals surface area contributed by atoms with Crippen LogP contribution in [0.3, 0.4) is 0 Å². The lowest BCUT2D eigenvalue weighted by atomic mass is 10.1. The standard InChI is InChI=1S/C13H15ClN2O/c1-8-4-5-12(9(2)6-8)16-13(14)11(7-17)10(3)15-16/h4-6,17H,7H2,1-3H3. The zero-order valence-corrected chi connectivity index (χ0v) is 10.9. The van der Waals surface area contributed by atoms with Gasteiger partial charge in [0.2, 0.25) is 0 Å². The predicted molar refractivity (Wildman–Crippen MR) is 68.7 cm³/mol. The molecule has 0 amide bonds. The van der Waals surface area contributed by atoms with Gasteiger partial charge in [-0.1, -0.05) is 29.3 Å². The summed E-state index contributed by atoms with van der Waals surface area (Å²) in [5.41, 5.74) is 4.71. The molecule has 0 aliphatic heterocycles. The molecule has 17 heavy (non-hydrogen) atoms. The van der Waals surface area contributed by atoms with Crippen molar-refractivity contribution < 1.29 is 5.11 Å². The van der Waals surface area contributed by atoms with Crippen molar-refractivity contribution in [2.24, 2.45) is 0 Å². The fourth-order valence-electron chi connectivity index (χ4n) is 1.91. The second kappa shape index (κ2) is 4.51. The van der Waals surface area contributed by atoms with Crippen molar-refractivity contribution in [3.63, 3.8) is 0 Å². The summed E-state index contributed by atoms with van der Waals surface area (Å²) in [4.78, 5) is 0. The van der Waals surface area contributed by atoms with E-state index in [-0.39, 0.29) is 6.61 Å². The van der Waals surface area contributed by atoms with Crippen LogP contribution in [0.5, 0.6) is 0 Å². The van der Waals surface area contributed by atoms with Crippen LogP contribution in [0.1, 0.15) is 22.4 Å². The third kappa shape index (κ3) is 2.08. The van der Waals surface area contributed by atoms with Crippen molar-refractivity contribution in [2.45, 2.75) is 27.4 Å². The molecule has 1 N–H and O–H groups in total. The lowest BCUT2D eigenvalue weighted by Crippen LogP contribution is -2.00. The Morgan fingerprint density at radius 1 is 1.29 bits per heavy atom. The van der Waals surface area contributed by atoms with Crippen LogP contribution in [0.2, 0.25) is 5.15 Å². The molecule has 1 heterocycles.